The molecule has 11 heteroatoms. The summed E-state index contributed by atoms with van der Waals surface area (Å²) < 4.78 is 32.7. The Kier molecular flexibility index (Phi) is 43.9. The Morgan fingerprint density at radius 3 is 1.30 bits per heavy atom. The van der Waals surface area contributed by atoms with E-state index in [4.69, 9.17) is 23.6 Å². The number of unbranched alkanes of at least 4 members (excludes halogenated alkanes) is 26. The minimum Gasteiger partial charge on any atom is -0.462 e. The summed E-state index contributed by atoms with van der Waals surface area (Å²) >= 11 is 0. The number of phosphoric acid groups is 1. The van der Waals surface area contributed by atoms with Gasteiger partial charge in [-0.15, -0.1) is 0 Å². The van der Waals surface area contributed by atoms with Crippen LogP contribution >= 0.6 is 7.82 Å². The van der Waals surface area contributed by atoms with Gasteiger partial charge in [0.2, 0.25) is 0 Å². The average molecular weight is 871 g/mol. The number of phosphoric ester groups is 1. The maximum atomic E-state index is 12.6. The number of carbonyl (C=O) groups is 2. The van der Waals surface area contributed by atoms with Crippen molar-refractivity contribution in [2.45, 2.75) is 238 Å². The van der Waals surface area contributed by atoms with Crippen molar-refractivity contribution in [2.24, 2.45) is 0 Å². The van der Waals surface area contributed by atoms with Crippen LogP contribution in [0.15, 0.2) is 36.5 Å². The summed E-state index contributed by atoms with van der Waals surface area (Å²) in [5.74, 6) is -0.979. The van der Waals surface area contributed by atoms with Crippen LogP contribution in [0.4, 0.5) is 0 Å². The molecule has 0 aliphatic rings. The zero-order valence-electron chi connectivity index (χ0n) is 38.4. The fourth-order valence-corrected chi connectivity index (χ4v) is 7.50. The van der Waals surface area contributed by atoms with Crippen LogP contribution in [0.2, 0.25) is 0 Å². The first-order valence-corrected chi connectivity index (χ1v) is 25.9. The van der Waals surface area contributed by atoms with E-state index in [-0.39, 0.29) is 19.4 Å². The molecule has 0 aliphatic heterocycles. The summed E-state index contributed by atoms with van der Waals surface area (Å²) in [6.45, 7) is 2.34. The molecule has 0 rings (SSSR count). The highest BCUT2D eigenvalue weighted by Gasteiger charge is 2.27. The summed E-state index contributed by atoms with van der Waals surface area (Å²) in [4.78, 5) is 35.0. The minimum atomic E-state index is -4.63. The lowest BCUT2D eigenvalue weighted by atomic mass is 10.0. The second-order valence-electron chi connectivity index (χ2n) is 16.5. The third-order valence-electron chi connectivity index (χ3n) is 10.5. The molecule has 0 saturated heterocycles. The lowest BCUT2D eigenvalue weighted by molar-refractivity contribution is -0.161. The largest absolute Gasteiger partial charge is 0.472 e. The first-order chi connectivity index (χ1) is 29.2. The zero-order valence-corrected chi connectivity index (χ0v) is 39.3. The molecule has 0 amide bonds. The summed E-state index contributed by atoms with van der Waals surface area (Å²) in [6, 6.07) is 0. The van der Waals surface area contributed by atoms with E-state index in [1.807, 2.05) is 0 Å². The van der Waals surface area contributed by atoms with E-state index in [9.17, 15) is 24.2 Å². The zero-order chi connectivity index (χ0) is 44.0. The third kappa shape index (κ3) is 44.3. The van der Waals surface area contributed by atoms with Crippen molar-refractivity contribution < 1.29 is 47.8 Å². The topological polar surface area (TPSA) is 149 Å². The summed E-state index contributed by atoms with van der Waals surface area (Å²) in [7, 11) is -4.63. The maximum Gasteiger partial charge on any atom is 0.472 e. The van der Waals surface area contributed by atoms with Gasteiger partial charge in [0.25, 0.3) is 0 Å². The Morgan fingerprint density at radius 1 is 0.483 bits per heavy atom. The van der Waals surface area contributed by atoms with Gasteiger partial charge in [0.05, 0.1) is 19.8 Å². The van der Waals surface area contributed by atoms with Crippen molar-refractivity contribution >= 4 is 19.8 Å². The van der Waals surface area contributed by atoms with Gasteiger partial charge in [-0.05, 0) is 70.6 Å². The van der Waals surface area contributed by atoms with Crippen molar-refractivity contribution in [3.63, 3.8) is 0 Å². The van der Waals surface area contributed by atoms with Gasteiger partial charge in [-0.2, -0.15) is 0 Å². The van der Waals surface area contributed by atoms with Gasteiger partial charge < -0.3 is 24.6 Å². The number of hydrogen-bond acceptors (Lipinski definition) is 9. The number of aliphatic hydroxyl groups is 2. The van der Waals surface area contributed by atoms with Gasteiger partial charge in [-0.3, -0.25) is 18.6 Å². The van der Waals surface area contributed by atoms with Crippen LogP contribution in [0.1, 0.15) is 226 Å². The predicted molar refractivity (Wildman–Crippen MR) is 247 cm³/mol. The summed E-state index contributed by atoms with van der Waals surface area (Å²) in [6.07, 6.45) is 48.4. The molecule has 0 fully saturated rings. The van der Waals surface area contributed by atoms with E-state index in [0.717, 1.165) is 64.2 Å². The Labute approximate surface area is 367 Å². The monoisotopic (exact) mass is 871 g/mol. The van der Waals surface area contributed by atoms with E-state index in [1.165, 1.54) is 122 Å². The van der Waals surface area contributed by atoms with Crippen molar-refractivity contribution in [1.82, 2.24) is 0 Å². The molecule has 3 N–H and O–H groups in total. The van der Waals surface area contributed by atoms with Gasteiger partial charge in [0.15, 0.2) is 6.10 Å². The number of esters is 2. The second kappa shape index (κ2) is 45.2. The number of allylic oxidation sites excluding steroid dienone is 6. The summed E-state index contributed by atoms with van der Waals surface area (Å²) in [5.41, 5.74) is 0. The van der Waals surface area contributed by atoms with Crippen LogP contribution in [0.3, 0.4) is 0 Å². The lowest BCUT2D eigenvalue weighted by Crippen LogP contribution is -2.29. The molecular formula is C49H91O10P. The molecule has 0 bridgehead atoms. The lowest BCUT2D eigenvalue weighted by Gasteiger charge is -2.20. The van der Waals surface area contributed by atoms with E-state index in [0.29, 0.717) is 12.8 Å². The molecule has 3 atom stereocenters. The molecule has 10 nitrogen and oxygen atoms in total. The second-order valence-corrected chi connectivity index (χ2v) is 17.9. The van der Waals surface area contributed by atoms with Crippen molar-refractivity contribution in [3.05, 3.63) is 36.5 Å². The molecular weight excluding hydrogens is 780 g/mol. The van der Waals surface area contributed by atoms with Crippen molar-refractivity contribution in [2.75, 3.05) is 26.4 Å². The van der Waals surface area contributed by atoms with Crippen LogP contribution < -0.4 is 0 Å². The number of carbonyl (C=O) groups excluding carboxylic acids is 2. The first-order valence-electron chi connectivity index (χ1n) is 24.4. The van der Waals surface area contributed by atoms with Crippen LogP contribution in [0, 0.1) is 0 Å². The van der Waals surface area contributed by atoms with Crippen molar-refractivity contribution in [3.8, 4) is 0 Å². The highest BCUT2D eigenvalue weighted by Crippen LogP contribution is 2.43. The molecule has 0 aromatic rings. The number of rotatable bonds is 46. The van der Waals surface area contributed by atoms with E-state index in [1.54, 1.807) is 0 Å². The van der Waals surface area contributed by atoms with E-state index < -0.39 is 51.8 Å². The minimum absolute atomic E-state index is 0.167. The highest BCUT2D eigenvalue weighted by molar-refractivity contribution is 7.47. The Hall–Kier alpha value is -1.81. The normalized spacial score (nSPS) is 14.0. The molecule has 0 spiro atoms. The Balaban J connectivity index is 4.22. The smallest absolute Gasteiger partial charge is 0.462 e. The van der Waals surface area contributed by atoms with Gasteiger partial charge >= 0.3 is 19.8 Å². The summed E-state index contributed by atoms with van der Waals surface area (Å²) in [5, 5.41) is 18.4. The number of hydrogen-bond donors (Lipinski definition) is 3. The van der Waals surface area contributed by atoms with Crippen LogP contribution in [0.25, 0.3) is 0 Å². The third-order valence-corrected chi connectivity index (χ3v) is 11.4. The SMILES string of the molecule is CCCCCCC/C=C/CCCCCCCC(=O)O[C@@H](COC(=O)CCC/C=C/CC/C=C/CCCCCCCCCCCCCCCC)COP(=O)(O)OC[C@H](O)CO. The van der Waals surface area contributed by atoms with Crippen LogP contribution in [-0.4, -0.2) is 65.7 Å². The van der Waals surface area contributed by atoms with Crippen LogP contribution in [0.5, 0.6) is 0 Å². The van der Waals surface area contributed by atoms with Gasteiger partial charge in [0.1, 0.15) is 12.7 Å². The fourth-order valence-electron chi connectivity index (χ4n) is 6.71. The molecule has 0 heterocycles. The van der Waals surface area contributed by atoms with Crippen LogP contribution in [-0.2, 0) is 32.7 Å². The number of ether oxygens (including phenoxy) is 2. The van der Waals surface area contributed by atoms with E-state index >= 15 is 0 Å². The molecule has 0 aliphatic carbocycles. The average Bonchev–Trinajstić information content (AvgIpc) is 3.24. The molecule has 0 aromatic carbocycles. The molecule has 0 aromatic heterocycles. The van der Waals surface area contributed by atoms with Gasteiger partial charge in [-0.1, -0.05) is 179 Å². The van der Waals surface area contributed by atoms with Crippen molar-refractivity contribution in [1.29, 1.82) is 0 Å². The predicted octanol–water partition coefficient (Wildman–Crippen LogP) is 13.5. The molecule has 1 unspecified atom stereocenters. The van der Waals surface area contributed by atoms with Gasteiger partial charge in [0, 0.05) is 12.8 Å². The van der Waals surface area contributed by atoms with Gasteiger partial charge in [-0.25, -0.2) is 4.57 Å². The fraction of sp³-hybridized carbons (Fsp3) is 0.837. The molecule has 352 valence electrons. The standard InChI is InChI=1S/C49H91O10P/c1-3-5-7-9-11-13-15-17-19-20-21-22-23-24-25-26-27-29-30-32-34-36-38-40-48(52)56-44-47(45-58-60(54,55)57-43-46(51)42-50)59-49(53)41-39-37-35-33-31-28-18-16-14-12-10-8-6-4-2/h16,18,26-27,32,34,46-47,50-51H,3-15,17,19-25,28-31,33,35-45H2,1-2H3,(H,54,55)/b18-16+,27-26+,34-32+/t46-,47+/m1/s1. The molecule has 60 heavy (non-hydrogen) atoms. The first kappa shape index (κ1) is 58.2. The quantitative estimate of drug-likeness (QED) is 0.0234. The maximum absolute atomic E-state index is 12.6. The molecule has 0 radical (unpaired) electrons. The Bertz CT molecular complexity index is 1090. The number of aliphatic hydroxyl groups excluding tert-OH is 2. The van der Waals surface area contributed by atoms with E-state index in [2.05, 4.69) is 50.3 Å². The highest BCUT2D eigenvalue weighted by atomic mass is 31.2. The Morgan fingerprint density at radius 2 is 0.850 bits per heavy atom. The molecule has 0 saturated carbocycles.